The molecule has 4 rings (SSSR count). The van der Waals surface area contributed by atoms with Crippen LogP contribution in [-0.2, 0) is 9.59 Å². The highest BCUT2D eigenvalue weighted by Gasteiger charge is 2.35. The number of rotatable bonds is 5. The lowest BCUT2D eigenvalue weighted by Crippen LogP contribution is -2.39. The van der Waals surface area contributed by atoms with E-state index in [0.717, 1.165) is 19.3 Å². The Morgan fingerprint density at radius 3 is 2.44 bits per heavy atom. The van der Waals surface area contributed by atoms with Gasteiger partial charge in [-0.3, -0.25) is 19.4 Å². The van der Waals surface area contributed by atoms with Crippen LogP contribution >= 0.6 is 11.6 Å². The molecule has 2 aromatic rings. The van der Waals surface area contributed by atoms with Crippen LogP contribution < -0.4 is 16.1 Å². The third kappa shape index (κ3) is 4.60. The zero-order valence-corrected chi connectivity index (χ0v) is 18.2. The van der Waals surface area contributed by atoms with Crippen molar-refractivity contribution in [1.29, 1.82) is 0 Å². The lowest BCUT2D eigenvalue weighted by atomic mass is 10.1. The van der Waals surface area contributed by atoms with E-state index in [2.05, 4.69) is 10.4 Å². The van der Waals surface area contributed by atoms with E-state index in [1.165, 1.54) is 5.01 Å². The molecule has 0 radical (unpaired) electrons. The molecule has 0 aromatic heterocycles. The molecule has 1 saturated heterocycles. The monoisotopic (exact) mass is 453 g/mol. The molecule has 166 valence electrons. The fraction of sp³-hybridized carbons (Fsp3) is 0.304. The number of hydrogen-bond donors (Lipinski definition) is 2. The number of nitrogens with zero attached hydrogens (tertiary/aromatic N) is 3. The summed E-state index contributed by atoms with van der Waals surface area (Å²) in [6.07, 6.45) is 3.09. The minimum absolute atomic E-state index is 0.0615. The predicted octanol–water partition coefficient (Wildman–Crippen LogP) is 3.02. The molecule has 9 heteroatoms. The van der Waals surface area contributed by atoms with Crippen LogP contribution in [0, 0.1) is 0 Å². The molecule has 2 aromatic carbocycles. The average molecular weight is 454 g/mol. The first-order chi connectivity index (χ1) is 15.4. The highest BCUT2D eigenvalue weighted by atomic mass is 35.5. The van der Waals surface area contributed by atoms with Gasteiger partial charge in [0.25, 0.3) is 11.8 Å². The molecule has 3 N–H and O–H groups in total. The minimum Gasteiger partial charge on any atom is -0.368 e. The fourth-order valence-corrected chi connectivity index (χ4v) is 4.13. The number of piperidine rings is 1. The molecule has 0 saturated carbocycles. The normalized spacial score (nSPS) is 18.3. The SMILES string of the molecule is NC(=O)C1CC(C(=O)Nc2cc(Cl)ccc2C(=O)N2CCCCC2)=NN1c1ccccc1. The van der Waals surface area contributed by atoms with Crippen LogP contribution in [0.4, 0.5) is 11.4 Å². The van der Waals surface area contributed by atoms with Crippen molar-refractivity contribution in [1.82, 2.24) is 4.90 Å². The Balaban J connectivity index is 1.58. The van der Waals surface area contributed by atoms with Gasteiger partial charge < -0.3 is 16.0 Å². The average Bonchev–Trinajstić information content (AvgIpc) is 3.26. The molecule has 2 aliphatic heterocycles. The number of carbonyl (C=O) groups is 3. The Kier molecular flexibility index (Phi) is 6.41. The smallest absolute Gasteiger partial charge is 0.271 e. The molecular formula is C23H24ClN5O3. The molecule has 3 amide bonds. The van der Waals surface area contributed by atoms with Crippen molar-refractivity contribution in [2.45, 2.75) is 31.7 Å². The van der Waals surface area contributed by atoms with Crippen molar-refractivity contribution in [3.8, 4) is 0 Å². The number of anilines is 2. The van der Waals surface area contributed by atoms with Crippen molar-refractivity contribution < 1.29 is 14.4 Å². The topological polar surface area (TPSA) is 108 Å². The van der Waals surface area contributed by atoms with Gasteiger partial charge in [-0.25, -0.2) is 0 Å². The van der Waals surface area contributed by atoms with Gasteiger partial charge >= 0.3 is 0 Å². The molecule has 2 heterocycles. The molecule has 0 bridgehead atoms. The van der Waals surface area contributed by atoms with Crippen LogP contribution in [0.5, 0.6) is 0 Å². The van der Waals surface area contributed by atoms with E-state index in [1.54, 1.807) is 35.2 Å². The van der Waals surface area contributed by atoms with E-state index in [4.69, 9.17) is 17.3 Å². The number of nitrogens with one attached hydrogen (secondary N) is 1. The van der Waals surface area contributed by atoms with Crippen LogP contribution in [0.3, 0.4) is 0 Å². The molecule has 0 aliphatic carbocycles. The number of hydrazone groups is 1. The maximum atomic E-state index is 13.0. The summed E-state index contributed by atoms with van der Waals surface area (Å²) in [5, 5.41) is 8.96. The van der Waals surface area contributed by atoms with Crippen LogP contribution in [0.25, 0.3) is 0 Å². The number of halogens is 1. The van der Waals surface area contributed by atoms with Crippen LogP contribution in [0.15, 0.2) is 53.6 Å². The molecule has 2 aliphatic rings. The molecule has 1 fully saturated rings. The van der Waals surface area contributed by atoms with Gasteiger partial charge in [0.2, 0.25) is 5.91 Å². The van der Waals surface area contributed by atoms with E-state index in [1.807, 2.05) is 18.2 Å². The van der Waals surface area contributed by atoms with Crippen molar-refractivity contribution in [2.24, 2.45) is 10.8 Å². The Hall–Kier alpha value is -3.39. The van der Waals surface area contributed by atoms with E-state index in [-0.39, 0.29) is 18.0 Å². The first-order valence-corrected chi connectivity index (χ1v) is 10.9. The zero-order chi connectivity index (χ0) is 22.7. The zero-order valence-electron chi connectivity index (χ0n) is 17.5. The van der Waals surface area contributed by atoms with Gasteiger partial charge in [0.1, 0.15) is 11.8 Å². The summed E-state index contributed by atoms with van der Waals surface area (Å²) < 4.78 is 0. The highest BCUT2D eigenvalue weighted by Crippen LogP contribution is 2.27. The summed E-state index contributed by atoms with van der Waals surface area (Å²) in [6, 6.07) is 13.1. The second-order valence-corrected chi connectivity index (χ2v) is 8.28. The van der Waals surface area contributed by atoms with E-state index in [9.17, 15) is 14.4 Å². The van der Waals surface area contributed by atoms with Gasteiger partial charge in [-0.15, -0.1) is 0 Å². The molecule has 1 atom stereocenters. The Morgan fingerprint density at radius 2 is 1.75 bits per heavy atom. The largest absolute Gasteiger partial charge is 0.368 e. The molecule has 8 nitrogen and oxygen atoms in total. The summed E-state index contributed by atoms with van der Waals surface area (Å²) in [7, 11) is 0. The molecular weight excluding hydrogens is 430 g/mol. The van der Waals surface area contributed by atoms with Crippen molar-refractivity contribution in [2.75, 3.05) is 23.4 Å². The first-order valence-electron chi connectivity index (χ1n) is 10.6. The van der Waals surface area contributed by atoms with Gasteiger partial charge in [0.05, 0.1) is 16.9 Å². The summed E-state index contributed by atoms with van der Waals surface area (Å²) in [6.45, 7) is 1.38. The van der Waals surface area contributed by atoms with E-state index < -0.39 is 17.9 Å². The fourth-order valence-electron chi connectivity index (χ4n) is 3.96. The second kappa shape index (κ2) is 9.40. The molecule has 32 heavy (non-hydrogen) atoms. The summed E-state index contributed by atoms with van der Waals surface area (Å²) in [4.78, 5) is 39.8. The van der Waals surface area contributed by atoms with Crippen LogP contribution in [0.1, 0.15) is 36.0 Å². The van der Waals surface area contributed by atoms with Crippen LogP contribution in [0.2, 0.25) is 5.02 Å². The van der Waals surface area contributed by atoms with Crippen molar-refractivity contribution >= 4 is 46.4 Å². The van der Waals surface area contributed by atoms with Gasteiger partial charge in [-0.1, -0.05) is 29.8 Å². The highest BCUT2D eigenvalue weighted by molar-refractivity contribution is 6.44. The first kappa shape index (κ1) is 21.8. The van der Waals surface area contributed by atoms with Gasteiger partial charge in [-0.05, 0) is 49.6 Å². The third-order valence-electron chi connectivity index (χ3n) is 5.63. The number of amides is 3. The predicted molar refractivity (Wildman–Crippen MR) is 124 cm³/mol. The number of benzene rings is 2. The second-order valence-electron chi connectivity index (χ2n) is 7.85. The molecule has 1 unspecified atom stereocenters. The lowest BCUT2D eigenvalue weighted by Gasteiger charge is -2.27. The van der Waals surface area contributed by atoms with Crippen molar-refractivity contribution in [3.05, 3.63) is 59.1 Å². The van der Waals surface area contributed by atoms with Gasteiger partial charge in [0, 0.05) is 24.5 Å². The number of para-hydroxylation sites is 1. The van der Waals surface area contributed by atoms with Crippen molar-refractivity contribution in [3.63, 3.8) is 0 Å². The maximum Gasteiger partial charge on any atom is 0.271 e. The molecule has 0 spiro atoms. The number of likely N-dealkylation sites (tertiary alicyclic amines) is 1. The van der Waals surface area contributed by atoms with E-state index >= 15 is 0 Å². The third-order valence-corrected chi connectivity index (χ3v) is 5.86. The maximum absolute atomic E-state index is 13.0. The summed E-state index contributed by atoms with van der Waals surface area (Å²) >= 11 is 6.14. The Bertz CT molecular complexity index is 1070. The number of primary amides is 1. The number of nitrogens with two attached hydrogens (primary N) is 1. The standard InChI is InChI=1S/C23H24ClN5O3/c24-15-9-10-17(23(32)28-11-5-2-6-12-28)18(13-15)26-22(31)19-14-20(21(25)30)29(27-19)16-7-3-1-4-8-16/h1,3-4,7-10,13,20H,2,5-6,11-12,14H2,(H2,25,30)(H,26,31). The summed E-state index contributed by atoms with van der Waals surface area (Å²) in [5.41, 5.74) is 7.04. The van der Waals surface area contributed by atoms with Crippen LogP contribution in [-0.4, -0.2) is 47.5 Å². The lowest BCUT2D eigenvalue weighted by molar-refractivity contribution is -0.119. The number of hydrogen-bond acceptors (Lipinski definition) is 5. The quantitative estimate of drug-likeness (QED) is 0.725. The summed E-state index contributed by atoms with van der Waals surface area (Å²) in [5.74, 6) is -1.24. The van der Waals surface area contributed by atoms with E-state index in [0.29, 0.717) is 35.1 Å². The number of carbonyl (C=O) groups excluding carboxylic acids is 3. The van der Waals surface area contributed by atoms with Gasteiger partial charge in [-0.2, -0.15) is 5.10 Å². The Labute approximate surface area is 191 Å². The Morgan fingerprint density at radius 1 is 1.03 bits per heavy atom. The van der Waals surface area contributed by atoms with Gasteiger partial charge in [0.15, 0.2) is 0 Å². The minimum atomic E-state index is -0.771.